The monoisotopic (exact) mass is 456 g/mol. The van der Waals surface area contributed by atoms with Gasteiger partial charge in [-0.15, -0.1) is 0 Å². The highest BCUT2D eigenvalue weighted by Crippen LogP contribution is 2.36. The summed E-state index contributed by atoms with van der Waals surface area (Å²) in [6.45, 7) is 0. The minimum Gasteiger partial charge on any atom is -0.458 e. The number of nitrogens with zero attached hydrogens (tertiary/aromatic N) is 4. The molecule has 1 fully saturated rings. The summed E-state index contributed by atoms with van der Waals surface area (Å²) in [7, 11) is 0. The summed E-state index contributed by atoms with van der Waals surface area (Å²) in [5.74, 6) is -0.157. The second-order valence-electron chi connectivity index (χ2n) is 7.93. The standard InChI is InChI=1S/C26H21FN4O3/c27-19-8-6-17(7-9-19)25-24(22-10-12-28-16-29-22)30-26(18-4-2-1-3-5-18)31(25)13-11-21-14-20(32)15-23(33)34-21/h1-13,16,20-21,32H,14-15H2/b13-11+. The fourth-order valence-electron chi connectivity index (χ4n) is 3.97. The third-order valence-electron chi connectivity index (χ3n) is 5.52. The smallest absolute Gasteiger partial charge is 0.309 e. The molecule has 0 amide bonds. The van der Waals surface area contributed by atoms with Gasteiger partial charge in [0, 0.05) is 29.9 Å². The van der Waals surface area contributed by atoms with E-state index in [4.69, 9.17) is 9.72 Å². The number of hydrogen-bond acceptors (Lipinski definition) is 6. The zero-order valence-electron chi connectivity index (χ0n) is 18.1. The number of rotatable bonds is 5. The first-order valence-electron chi connectivity index (χ1n) is 10.8. The maximum atomic E-state index is 13.7. The van der Waals surface area contributed by atoms with Crippen molar-refractivity contribution in [2.75, 3.05) is 0 Å². The third kappa shape index (κ3) is 4.49. The summed E-state index contributed by atoms with van der Waals surface area (Å²) in [4.78, 5) is 25.1. The number of esters is 1. The maximum Gasteiger partial charge on any atom is 0.309 e. The van der Waals surface area contributed by atoms with Crippen LogP contribution in [0.25, 0.3) is 40.2 Å². The summed E-state index contributed by atoms with van der Waals surface area (Å²) in [5.41, 5.74) is 3.49. The minimum atomic E-state index is -0.750. The molecule has 0 saturated carbocycles. The van der Waals surface area contributed by atoms with E-state index in [-0.39, 0.29) is 12.2 Å². The van der Waals surface area contributed by atoms with Gasteiger partial charge in [0.25, 0.3) is 0 Å². The molecule has 7 nitrogen and oxygen atoms in total. The SMILES string of the molecule is O=C1CC(O)CC(/C=C/n2c(-c3ccccc3)nc(-c3ccncn3)c2-c2ccc(F)cc2)O1. The van der Waals surface area contributed by atoms with Crippen molar-refractivity contribution in [2.45, 2.75) is 25.0 Å². The molecule has 2 aromatic heterocycles. The van der Waals surface area contributed by atoms with Gasteiger partial charge in [-0.25, -0.2) is 19.3 Å². The third-order valence-corrected chi connectivity index (χ3v) is 5.52. The molecule has 34 heavy (non-hydrogen) atoms. The molecule has 2 aromatic carbocycles. The molecule has 0 aliphatic carbocycles. The van der Waals surface area contributed by atoms with E-state index in [1.54, 1.807) is 36.7 Å². The Morgan fingerprint density at radius 1 is 1.06 bits per heavy atom. The van der Waals surface area contributed by atoms with Gasteiger partial charge in [0.2, 0.25) is 0 Å². The normalized spacial score (nSPS) is 18.2. The van der Waals surface area contributed by atoms with Crippen molar-refractivity contribution in [1.82, 2.24) is 19.5 Å². The van der Waals surface area contributed by atoms with E-state index < -0.39 is 18.2 Å². The lowest BCUT2D eigenvalue weighted by atomic mass is 10.1. The lowest BCUT2D eigenvalue weighted by Crippen LogP contribution is -2.31. The van der Waals surface area contributed by atoms with Gasteiger partial charge in [-0.05, 0) is 36.4 Å². The number of carbonyl (C=O) groups is 1. The Kier molecular flexibility index (Phi) is 5.97. The van der Waals surface area contributed by atoms with Gasteiger partial charge in [0.05, 0.1) is 23.9 Å². The van der Waals surface area contributed by atoms with Crippen LogP contribution in [-0.2, 0) is 9.53 Å². The molecule has 0 radical (unpaired) electrons. The topological polar surface area (TPSA) is 90.1 Å². The zero-order chi connectivity index (χ0) is 23.5. The lowest BCUT2D eigenvalue weighted by Gasteiger charge is -2.23. The molecule has 4 aromatic rings. The molecule has 170 valence electrons. The maximum absolute atomic E-state index is 13.7. The van der Waals surface area contributed by atoms with Gasteiger partial charge in [0.1, 0.15) is 29.8 Å². The van der Waals surface area contributed by atoms with Crippen LogP contribution >= 0.6 is 0 Å². The van der Waals surface area contributed by atoms with Crippen LogP contribution < -0.4 is 0 Å². The summed E-state index contributed by atoms with van der Waals surface area (Å²) in [6.07, 6.45) is 5.55. The highest BCUT2D eigenvalue weighted by atomic mass is 19.1. The number of imidazole rings is 1. The van der Waals surface area contributed by atoms with Crippen molar-refractivity contribution in [3.05, 3.63) is 85.1 Å². The molecular weight excluding hydrogens is 435 g/mol. The van der Waals surface area contributed by atoms with Crippen LogP contribution in [0.2, 0.25) is 0 Å². The molecule has 1 N–H and O–H groups in total. The van der Waals surface area contributed by atoms with E-state index in [1.165, 1.54) is 18.5 Å². The number of benzene rings is 2. The molecule has 1 saturated heterocycles. The second-order valence-corrected chi connectivity index (χ2v) is 7.93. The quantitative estimate of drug-likeness (QED) is 0.449. The van der Waals surface area contributed by atoms with Crippen molar-refractivity contribution >= 4 is 12.2 Å². The first kappa shape index (κ1) is 21.7. The molecule has 2 atom stereocenters. The largest absolute Gasteiger partial charge is 0.458 e. The fraction of sp³-hybridized carbons (Fsp3) is 0.154. The fourth-order valence-corrected chi connectivity index (χ4v) is 3.97. The molecule has 5 rings (SSSR count). The predicted molar refractivity (Wildman–Crippen MR) is 125 cm³/mol. The van der Waals surface area contributed by atoms with Crippen LogP contribution in [0.3, 0.4) is 0 Å². The van der Waals surface area contributed by atoms with Crippen LogP contribution in [-0.4, -0.2) is 42.8 Å². The Morgan fingerprint density at radius 2 is 1.85 bits per heavy atom. The van der Waals surface area contributed by atoms with Crippen LogP contribution in [0, 0.1) is 5.82 Å². The zero-order valence-corrected chi connectivity index (χ0v) is 18.1. The number of halogens is 1. The van der Waals surface area contributed by atoms with Crippen molar-refractivity contribution in [2.24, 2.45) is 0 Å². The lowest BCUT2D eigenvalue weighted by molar-refractivity contribution is -0.156. The highest BCUT2D eigenvalue weighted by molar-refractivity contribution is 5.82. The van der Waals surface area contributed by atoms with Gasteiger partial charge in [-0.2, -0.15) is 0 Å². The number of aliphatic hydroxyl groups excluding tert-OH is 1. The molecule has 0 bridgehead atoms. The van der Waals surface area contributed by atoms with Crippen LogP contribution in [0.15, 0.2) is 79.3 Å². The average Bonchev–Trinajstić information content (AvgIpc) is 3.23. The number of cyclic esters (lactones) is 1. The molecule has 2 unspecified atom stereocenters. The Bertz CT molecular complexity index is 1320. The van der Waals surface area contributed by atoms with E-state index in [0.29, 0.717) is 29.3 Å². The van der Waals surface area contributed by atoms with Crippen LogP contribution in [0.4, 0.5) is 4.39 Å². The molecule has 1 aliphatic heterocycles. The first-order chi connectivity index (χ1) is 16.6. The summed E-state index contributed by atoms with van der Waals surface area (Å²) in [6, 6.07) is 17.5. The number of aliphatic hydroxyl groups is 1. The van der Waals surface area contributed by atoms with Gasteiger partial charge in [-0.1, -0.05) is 30.3 Å². The number of carbonyl (C=O) groups excluding carboxylic acids is 1. The van der Waals surface area contributed by atoms with Crippen molar-refractivity contribution in [1.29, 1.82) is 0 Å². The Labute approximate surface area is 195 Å². The van der Waals surface area contributed by atoms with Crippen molar-refractivity contribution < 1.29 is 19.0 Å². The molecule has 3 heterocycles. The molecule has 8 heteroatoms. The van der Waals surface area contributed by atoms with Gasteiger partial charge in [-0.3, -0.25) is 9.36 Å². The number of aromatic nitrogens is 4. The minimum absolute atomic E-state index is 0.0105. The number of hydrogen-bond donors (Lipinski definition) is 1. The molecule has 0 spiro atoms. The van der Waals surface area contributed by atoms with Gasteiger partial charge in [0.15, 0.2) is 0 Å². The predicted octanol–water partition coefficient (Wildman–Crippen LogP) is 4.35. The highest BCUT2D eigenvalue weighted by Gasteiger charge is 2.26. The summed E-state index contributed by atoms with van der Waals surface area (Å²) in [5, 5.41) is 9.99. The van der Waals surface area contributed by atoms with E-state index in [0.717, 1.165) is 11.1 Å². The van der Waals surface area contributed by atoms with E-state index in [9.17, 15) is 14.3 Å². The summed E-state index contributed by atoms with van der Waals surface area (Å²) >= 11 is 0. The van der Waals surface area contributed by atoms with Crippen LogP contribution in [0.1, 0.15) is 12.8 Å². The Hall–Kier alpha value is -4.17. The molecular formula is C26H21FN4O3. The van der Waals surface area contributed by atoms with Crippen LogP contribution in [0.5, 0.6) is 0 Å². The Morgan fingerprint density at radius 3 is 2.56 bits per heavy atom. The van der Waals surface area contributed by atoms with E-state index >= 15 is 0 Å². The van der Waals surface area contributed by atoms with Gasteiger partial charge < -0.3 is 9.84 Å². The Balaban J connectivity index is 1.71. The summed E-state index contributed by atoms with van der Waals surface area (Å²) < 4.78 is 21.0. The van der Waals surface area contributed by atoms with E-state index in [1.807, 2.05) is 34.9 Å². The average molecular weight is 456 g/mol. The number of ether oxygens (including phenoxy) is 1. The van der Waals surface area contributed by atoms with Crippen molar-refractivity contribution in [3.8, 4) is 34.0 Å². The van der Waals surface area contributed by atoms with Crippen molar-refractivity contribution in [3.63, 3.8) is 0 Å². The second kappa shape index (κ2) is 9.36. The molecule has 1 aliphatic rings. The van der Waals surface area contributed by atoms with Gasteiger partial charge >= 0.3 is 5.97 Å². The van der Waals surface area contributed by atoms with E-state index in [2.05, 4.69) is 9.97 Å². The first-order valence-corrected chi connectivity index (χ1v) is 10.8.